The average Bonchev–Trinajstić information content (AvgIpc) is 3.74. The summed E-state index contributed by atoms with van der Waals surface area (Å²) in [5.41, 5.74) is 7.39. The number of benzene rings is 3. The minimum absolute atomic E-state index is 0.0163. The van der Waals surface area contributed by atoms with Gasteiger partial charge in [0.25, 0.3) is 15.9 Å². The Labute approximate surface area is 282 Å². The Hall–Kier alpha value is -4.14. The van der Waals surface area contributed by atoms with Gasteiger partial charge in [-0.25, -0.2) is 27.9 Å². The van der Waals surface area contributed by atoms with Crippen molar-refractivity contribution < 1.29 is 36.7 Å². The molecule has 1 N–H and O–H groups in total. The van der Waals surface area contributed by atoms with Crippen molar-refractivity contribution in [2.75, 3.05) is 32.8 Å². The maximum absolute atomic E-state index is 14.0. The highest BCUT2D eigenvalue weighted by atomic mass is 32.2. The van der Waals surface area contributed by atoms with Crippen LogP contribution in [-0.4, -0.2) is 74.8 Å². The van der Waals surface area contributed by atoms with Crippen molar-refractivity contribution in [1.29, 1.82) is 0 Å². The lowest BCUT2D eigenvalue weighted by Crippen LogP contribution is -2.61. The summed E-state index contributed by atoms with van der Waals surface area (Å²) in [6.07, 6.45) is 1.05. The van der Waals surface area contributed by atoms with Crippen molar-refractivity contribution in [2.45, 2.75) is 41.7 Å². The molecule has 0 spiro atoms. The normalized spacial score (nSPS) is 19.8. The molecule has 0 bridgehead atoms. The number of ether oxygens (including phenoxy) is 2. The standard InChI is InChI=1S/C35H34FN3O7S2/c36-24-14-12-23(13-15-24)31-16-17-33(47-31)48(42,43)39-19-18-38(21-30(39)34(40)37-46-32-11-5-6-20-44-32)35(41)45-22-29-27-9-3-1-7-25(27)26-8-2-4-10-28(26)29/h1-4,7-10,12-17,29-30,32H,5-6,11,18-22H2,(H,37,40)/t30-,32?/m1/s1. The van der Waals surface area contributed by atoms with Crippen LogP contribution in [0.3, 0.4) is 0 Å². The Bertz CT molecular complexity index is 1870. The second-order valence-corrected chi connectivity index (χ2v) is 15.1. The van der Waals surface area contributed by atoms with Crippen molar-refractivity contribution in [1.82, 2.24) is 14.7 Å². The molecule has 7 rings (SSSR count). The molecule has 0 radical (unpaired) electrons. The van der Waals surface area contributed by atoms with Gasteiger partial charge in [0.05, 0.1) is 0 Å². The molecule has 250 valence electrons. The van der Waals surface area contributed by atoms with E-state index in [1.165, 1.54) is 23.1 Å². The molecule has 2 aliphatic heterocycles. The molecule has 13 heteroatoms. The van der Waals surface area contributed by atoms with Gasteiger partial charge in [-0.15, -0.1) is 11.3 Å². The van der Waals surface area contributed by atoms with Crippen LogP contribution in [0.5, 0.6) is 0 Å². The van der Waals surface area contributed by atoms with Crippen LogP contribution < -0.4 is 5.48 Å². The Kier molecular flexibility index (Phi) is 9.30. The first kappa shape index (κ1) is 32.4. The molecule has 10 nitrogen and oxygen atoms in total. The molecule has 0 saturated carbocycles. The number of thiophene rings is 1. The van der Waals surface area contributed by atoms with Gasteiger partial charge in [-0.3, -0.25) is 4.79 Å². The van der Waals surface area contributed by atoms with Crippen LogP contribution in [0.1, 0.15) is 36.3 Å². The molecule has 2 saturated heterocycles. The maximum atomic E-state index is 14.0. The van der Waals surface area contributed by atoms with E-state index in [1.54, 1.807) is 18.2 Å². The molecule has 1 aliphatic carbocycles. The van der Waals surface area contributed by atoms with Crippen molar-refractivity contribution in [2.24, 2.45) is 0 Å². The molecule has 2 atom stereocenters. The second kappa shape index (κ2) is 13.8. The molecular formula is C35H34FN3O7S2. The summed E-state index contributed by atoms with van der Waals surface area (Å²) in [5.74, 6) is -1.27. The van der Waals surface area contributed by atoms with Crippen LogP contribution in [0.25, 0.3) is 21.6 Å². The first-order valence-electron chi connectivity index (χ1n) is 15.8. The first-order valence-corrected chi connectivity index (χ1v) is 18.1. The fourth-order valence-electron chi connectivity index (χ4n) is 6.46. The van der Waals surface area contributed by atoms with Gasteiger partial charge in [0.2, 0.25) is 0 Å². The van der Waals surface area contributed by atoms with E-state index < -0.39 is 40.2 Å². The van der Waals surface area contributed by atoms with E-state index in [0.717, 1.165) is 50.7 Å². The maximum Gasteiger partial charge on any atom is 0.409 e. The largest absolute Gasteiger partial charge is 0.448 e. The number of rotatable bonds is 8. The molecule has 3 aliphatic rings. The SMILES string of the molecule is O=C(NOC1CCCCO1)[C@H]1CN(C(=O)OCC2c3ccccc3-c3ccccc32)CCN1S(=O)(=O)c1ccc(-c2ccc(F)cc2)s1. The lowest BCUT2D eigenvalue weighted by molar-refractivity contribution is -0.202. The van der Waals surface area contributed by atoms with E-state index in [1.807, 2.05) is 36.4 Å². The lowest BCUT2D eigenvalue weighted by Gasteiger charge is -2.38. The highest BCUT2D eigenvalue weighted by Crippen LogP contribution is 2.44. The van der Waals surface area contributed by atoms with Crippen molar-refractivity contribution >= 4 is 33.4 Å². The number of halogens is 1. The third-order valence-electron chi connectivity index (χ3n) is 8.93. The molecule has 2 fully saturated rings. The Morgan fingerprint density at radius 2 is 1.62 bits per heavy atom. The van der Waals surface area contributed by atoms with Crippen LogP contribution in [0, 0.1) is 5.82 Å². The van der Waals surface area contributed by atoms with Gasteiger partial charge < -0.3 is 14.4 Å². The van der Waals surface area contributed by atoms with Crippen molar-refractivity contribution in [3.8, 4) is 21.6 Å². The van der Waals surface area contributed by atoms with E-state index >= 15 is 0 Å². The molecular weight excluding hydrogens is 658 g/mol. The number of hydrogen-bond donors (Lipinski definition) is 1. The zero-order chi connectivity index (χ0) is 33.3. The van der Waals surface area contributed by atoms with Crippen LogP contribution in [0.4, 0.5) is 9.18 Å². The highest BCUT2D eigenvalue weighted by Gasteiger charge is 2.43. The van der Waals surface area contributed by atoms with E-state index in [0.29, 0.717) is 23.5 Å². The predicted molar refractivity (Wildman–Crippen MR) is 177 cm³/mol. The number of sulfonamides is 1. The Balaban J connectivity index is 1.09. The summed E-state index contributed by atoms with van der Waals surface area (Å²) in [6, 6.07) is 23.6. The van der Waals surface area contributed by atoms with E-state index in [-0.39, 0.29) is 36.4 Å². The third kappa shape index (κ3) is 6.48. The fraction of sp³-hybridized carbons (Fsp3) is 0.314. The number of carbonyl (C=O) groups excluding carboxylic acids is 2. The molecule has 1 aromatic heterocycles. The van der Waals surface area contributed by atoms with Crippen LogP contribution in [0.15, 0.2) is 89.1 Å². The number of fused-ring (bicyclic) bond motifs is 3. The number of amides is 2. The molecule has 3 aromatic carbocycles. The lowest BCUT2D eigenvalue weighted by atomic mass is 9.98. The topological polar surface area (TPSA) is 114 Å². The van der Waals surface area contributed by atoms with Gasteiger partial charge in [0, 0.05) is 43.5 Å². The summed E-state index contributed by atoms with van der Waals surface area (Å²) < 4.78 is 54.0. The Morgan fingerprint density at radius 1 is 0.917 bits per heavy atom. The second-order valence-electron chi connectivity index (χ2n) is 11.9. The van der Waals surface area contributed by atoms with E-state index in [9.17, 15) is 22.4 Å². The predicted octanol–water partition coefficient (Wildman–Crippen LogP) is 5.75. The summed E-state index contributed by atoms with van der Waals surface area (Å²) in [7, 11) is -4.18. The zero-order valence-electron chi connectivity index (χ0n) is 25.9. The number of hydrogen-bond acceptors (Lipinski definition) is 8. The zero-order valence-corrected chi connectivity index (χ0v) is 27.6. The summed E-state index contributed by atoms with van der Waals surface area (Å²) in [6.45, 7) is 0.212. The average molecular weight is 692 g/mol. The van der Waals surface area contributed by atoms with Gasteiger partial charge in [0.15, 0.2) is 6.29 Å². The molecule has 1 unspecified atom stereocenters. The van der Waals surface area contributed by atoms with E-state index in [4.69, 9.17) is 14.3 Å². The number of nitrogens with one attached hydrogen (secondary N) is 1. The van der Waals surface area contributed by atoms with Crippen LogP contribution in [0.2, 0.25) is 0 Å². The highest BCUT2D eigenvalue weighted by molar-refractivity contribution is 7.91. The molecule has 48 heavy (non-hydrogen) atoms. The van der Waals surface area contributed by atoms with Gasteiger partial charge >= 0.3 is 6.09 Å². The van der Waals surface area contributed by atoms with Gasteiger partial charge in [-0.1, -0.05) is 60.7 Å². The minimum Gasteiger partial charge on any atom is -0.448 e. The fourth-order valence-corrected chi connectivity index (χ4v) is 9.47. The van der Waals surface area contributed by atoms with Gasteiger partial charge in [-0.05, 0) is 64.9 Å². The summed E-state index contributed by atoms with van der Waals surface area (Å²) >= 11 is 1.02. The number of nitrogens with zero attached hydrogens (tertiary/aromatic N) is 2. The Morgan fingerprint density at radius 3 is 2.31 bits per heavy atom. The van der Waals surface area contributed by atoms with Gasteiger partial charge in [0.1, 0.15) is 22.7 Å². The smallest absolute Gasteiger partial charge is 0.409 e. The molecule has 2 amide bonds. The third-order valence-corrected chi connectivity index (χ3v) is 12.4. The minimum atomic E-state index is -4.18. The number of piperazine rings is 1. The summed E-state index contributed by atoms with van der Waals surface area (Å²) in [5, 5.41) is 0. The molecule has 3 heterocycles. The van der Waals surface area contributed by atoms with Crippen molar-refractivity contribution in [3.63, 3.8) is 0 Å². The first-order chi connectivity index (χ1) is 23.3. The summed E-state index contributed by atoms with van der Waals surface area (Å²) in [4.78, 5) is 34.6. The van der Waals surface area contributed by atoms with E-state index in [2.05, 4.69) is 17.6 Å². The quantitative estimate of drug-likeness (QED) is 0.234. The van der Waals surface area contributed by atoms with Crippen LogP contribution in [-0.2, 0) is 29.1 Å². The van der Waals surface area contributed by atoms with Crippen LogP contribution >= 0.6 is 11.3 Å². The molecule has 4 aromatic rings. The monoisotopic (exact) mass is 691 g/mol. The number of carbonyl (C=O) groups is 2. The van der Waals surface area contributed by atoms with Gasteiger partial charge in [-0.2, -0.15) is 4.31 Å². The number of hydroxylamine groups is 1. The van der Waals surface area contributed by atoms with Crippen molar-refractivity contribution in [3.05, 3.63) is 102 Å².